The summed E-state index contributed by atoms with van der Waals surface area (Å²) in [6.45, 7) is 0.423. The molecule has 1 aliphatic heterocycles. The standard InChI is InChI=1S/C18H17ClN4O4S2/c19-14-10-20-18(28-14)21-17(25)16(22-23-9-1-2-15(23)24)11-3-5-12(6-4-11)29(26,27)13-7-8-13/h3-6,10,13H,1-2,7-9H2,(H,20,21,25). The lowest BCUT2D eigenvalue weighted by molar-refractivity contribution is -0.127. The van der Waals surface area contributed by atoms with E-state index in [1.807, 2.05) is 0 Å². The molecule has 2 aromatic rings. The topological polar surface area (TPSA) is 109 Å². The van der Waals surface area contributed by atoms with Crippen LogP contribution in [0.4, 0.5) is 5.13 Å². The van der Waals surface area contributed by atoms with E-state index in [4.69, 9.17) is 11.6 Å². The number of benzene rings is 1. The summed E-state index contributed by atoms with van der Waals surface area (Å²) in [5.41, 5.74) is 0.404. The Hall–Kier alpha value is -2.30. The zero-order chi connectivity index (χ0) is 20.6. The van der Waals surface area contributed by atoms with Crippen LogP contribution in [0, 0.1) is 0 Å². The van der Waals surface area contributed by atoms with Crippen LogP contribution in [-0.2, 0) is 19.4 Å². The van der Waals surface area contributed by atoms with Gasteiger partial charge in [0, 0.05) is 18.5 Å². The Balaban J connectivity index is 1.65. The summed E-state index contributed by atoms with van der Waals surface area (Å²) in [5.74, 6) is -0.728. The molecule has 1 aliphatic carbocycles. The molecule has 1 aromatic carbocycles. The van der Waals surface area contributed by atoms with Gasteiger partial charge in [-0.25, -0.2) is 18.4 Å². The first-order chi connectivity index (χ1) is 13.8. The van der Waals surface area contributed by atoms with Crippen molar-refractivity contribution >= 4 is 55.4 Å². The average Bonchev–Trinajstić information content (AvgIpc) is 3.38. The monoisotopic (exact) mass is 452 g/mol. The molecule has 2 fully saturated rings. The molecule has 0 unspecified atom stereocenters. The van der Waals surface area contributed by atoms with E-state index in [0.717, 1.165) is 11.3 Å². The van der Waals surface area contributed by atoms with Crippen molar-refractivity contribution in [3.63, 3.8) is 0 Å². The van der Waals surface area contributed by atoms with Gasteiger partial charge in [-0.3, -0.25) is 14.9 Å². The summed E-state index contributed by atoms with van der Waals surface area (Å²) < 4.78 is 25.2. The Morgan fingerprint density at radius 1 is 1.28 bits per heavy atom. The summed E-state index contributed by atoms with van der Waals surface area (Å²) in [5, 5.41) is 8.12. The van der Waals surface area contributed by atoms with Crippen LogP contribution in [0.3, 0.4) is 0 Å². The van der Waals surface area contributed by atoms with Crippen molar-refractivity contribution in [1.29, 1.82) is 0 Å². The summed E-state index contributed by atoms with van der Waals surface area (Å²) >= 11 is 6.95. The number of hydrazone groups is 1. The number of carbonyl (C=O) groups is 2. The highest BCUT2D eigenvalue weighted by molar-refractivity contribution is 7.92. The lowest BCUT2D eigenvalue weighted by atomic mass is 10.1. The van der Waals surface area contributed by atoms with E-state index < -0.39 is 15.7 Å². The highest BCUT2D eigenvalue weighted by Gasteiger charge is 2.36. The van der Waals surface area contributed by atoms with Crippen LogP contribution >= 0.6 is 22.9 Å². The van der Waals surface area contributed by atoms with Crippen LogP contribution in [0.15, 0.2) is 40.5 Å². The van der Waals surface area contributed by atoms with Crippen molar-refractivity contribution in [3.8, 4) is 0 Å². The third kappa shape index (κ3) is 4.34. The molecule has 2 heterocycles. The molecular formula is C18H17ClN4O4S2. The van der Waals surface area contributed by atoms with Crippen LogP contribution in [0.1, 0.15) is 31.2 Å². The first-order valence-electron chi connectivity index (χ1n) is 9.00. The minimum Gasteiger partial charge on any atom is -0.296 e. The van der Waals surface area contributed by atoms with Crippen LogP contribution in [0.2, 0.25) is 4.34 Å². The molecule has 4 rings (SSSR count). The van der Waals surface area contributed by atoms with Gasteiger partial charge < -0.3 is 0 Å². The van der Waals surface area contributed by atoms with Crippen LogP contribution in [0.5, 0.6) is 0 Å². The number of hydrogen-bond donors (Lipinski definition) is 1. The van der Waals surface area contributed by atoms with Gasteiger partial charge in [-0.15, -0.1) is 0 Å². The molecule has 2 aliphatic rings. The fourth-order valence-corrected chi connectivity index (χ4v) is 5.40. The van der Waals surface area contributed by atoms with E-state index >= 15 is 0 Å². The molecule has 1 N–H and O–H groups in total. The van der Waals surface area contributed by atoms with Crippen LogP contribution < -0.4 is 5.32 Å². The number of thiazole rings is 1. The molecule has 1 saturated heterocycles. The zero-order valence-electron chi connectivity index (χ0n) is 15.2. The molecule has 0 spiro atoms. The van der Waals surface area contributed by atoms with Gasteiger partial charge in [0.1, 0.15) is 4.34 Å². The molecule has 1 aromatic heterocycles. The van der Waals surface area contributed by atoms with E-state index in [-0.39, 0.29) is 21.8 Å². The molecule has 1 saturated carbocycles. The number of aromatic nitrogens is 1. The Kier molecular flexibility index (Phi) is 5.41. The average molecular weight is 453 g/mol. The van der Waals surface area contributed by atoms with Gasteiger partial charge in [-0.2, -0.15) is 5.10 Å². The van der Waals surface area contributed by atoms with Gasteiger partial charge in [0.15, 0.2) is 20.7 Å². The quantitative estimate of drug-likeness (QED) is 0.678. The number of nitrogens with zero attached hydrogens (tertiary/aromatic N) is 3. The van der Waals surface area contributed by atoms with E-state index in [1.54, 1.807) is 0 Å². The highest BCUT2D eigenvalue weighted by atomic mass is 35.5. The van der Waals surface area contributed by atoms with E-state index in [2.05, 4.69) is 15.4 Å². The zero-order valence-corrected chi connectivity index (χ0v) is 17.6. The predicted molar refractivity (Wildman–Crippen MR) is 110 cm³/mol. The third-order valence-electron chi connectivity index (χ3n) is 4.60. The van der Waals surface area contributed by atoms with Crippen molar-refractivity contribution in [1.82, 2.24) is 9.99 Å². The molecule has 8 nitrogen and oxygen atoms in total. The minimum atomic E-state index is -3.33. The van der Waals surface area contributed by atoms with Crippen molar-refractivity contribution in [3.05, 3.63) is 40.4 Å². The van der Waals surface area contributed by atoms with Gasteiger partial charge in [0.25, 0.3) is 5.91 Å². The fourth-order valence-electron chi connectivity index (χ4n) is 2.94. The Labute approximate surface area is 176 Å². The van der Waals surface area contributed by atoms with Gasteiger partial charge in [-0.1, -0.05) is 35.1 Å². The Morgan fingerprint density at radius 3 is 2.55 bits per heavy atom. The van der Waals surface area contributed by atoms with Crippen molar-refractivity contribution in [2.24, 2.45) is 5.10 Å². The predicted octanol–water partition coefficient (Wildman–Crippen LogP) is 2.70. The maximum atomic E-state index is 12.8. The summed E-state index contributed by atoms with van der Waals surface area (Å²) in [7, 11) is -3.33. The lowest BCUT2D eigenvalue weighted by Crippen LogP contribution is -2.29. The highest BCUT2D eigenvalue weighted by Crippen LogP contribution is 2.33. The van der Waals surface area contributed by atoms with Gasteiger partial charge in [0.2, 0.25) is 5.91 Å². The molecular weight excluding hydrogens is 436 g/mol. The fraction of sp³-hybridized carbons (Fsp3) is 0.333. The third-order valence-corrected chi connectivity index (χ3v) is 7.91. The molecule has 0 atom stereocenters. The molecule has 152 valence electrons. The van der Waals surface area contributed by atoms with Crippen LogP contribution in [-0.4, -0.2) is 47.7 Å². The van der Waals surface area contributed by atoms with Gasteiger partial charge in [0.05, 0.1) is 16.3 Å². The number of amides is 2. The first kappa shape index (κ1) is 20.0. The second-order valence-corrected chi connectivity index (χ2v) is 10.7. The minimum absolute atomic E-state index is 0.00180. The summed E-state index contributed by atoms with van der Waals surface area (Å²) in [6, 6.07) is 6.00. The Morgan fingerprint density at radius 2 is 2.00 bits per heavy atom. The van der Waals surface area contributed by atoms with Gasteiger partial charge in [-0.05, 0) is 31.4 Å². The van der Waals surface area contributed by atoms with Crippen molar-refractivity contribution in [2.75, 3.05) is 11.9 Å². The molecule has 29 heavy (non-hydrogen) atoms. The van der Waals surface area contributed by atoms with E-state index in [0.29, 0.717) is 47.3 Å². The maximum Gasteiger partial charge on any atom is 0.278 e. The number of carbonyl (C=O) groups excluding carboxylic acids is 2. The smallest absolute Gasteiger partial charge is 0.278 e. The lowest BCUT2D eigenvalue weighted by Gasteiger charge is -2.13. The number of rotatable bonds is 6. The van der Waals surface area contributed by atoms with E-state index in [9.17, 15) is 18.0 Å². The molecule has 11 heteroatoms. The van der Waals surface area contributed by atoms with Gasteiger partial charge >= 0.3 is 0 Å². The number of sulfone groups is 1. The SMILES string of the molecule is O=C(Nc1ncc(Cl)s1)C(=NN1CCCC1=O)c1ccc(S(=O)(=O)C2CC2)cc1. The van der Waals surface area contributed by atoms with Crippen molar-refractivity contribution < 1.29 is 18.0 Å². The maximum absolute atomic E-state index is 12.8. The largest absolute Gasteiger partial charge is 0.296 e. The summed E-state index contributed by atoms with van der Waals surface area (Å²) in [6.07, 6.45) is 3.80. The second-order valence-electron chi connectivity index (χ2n) is 6.76. The number of anilines is 1. The molecule has 0 bridgehead atoms. The number of hydrogen-bond acceptors (Lipinski definition) is 7. The number of nitrogens with one attached hydrogen (secondary N) is 1. The molecule has 2 amide bonds. The molecule has 0 radical (unpaired) electrons. The van der Waals surface area contributed by atoms with Crippen LogP contribution in [0.25, 0.3) is 0 Å². The summed E-state index contributed by atoms with van der Waals surface area (Å²) in [4.78, 5) is 29.0. The Bertz CT molecular complexity index is 1090. The number of halogens is 1. The van der Waals surface area contributed by atoms with E-state index in [1.165, 1.54) is 35.5 Å². The first-order valence-corrected chi connectivity index (χ1v) is 11.7. The van der Waals surface area contributed by atoms with Crippen molar-refractivity contribution in [2.45, 2.75) is 35.8 Å². The normalized spacial score (nSPS) is 17.6. The second kappa shape index (κ2) is 7.85.